The Morgan fingerprint density at radius 3 is 2.29 bits per heavy atom. The molecule has 1 saturated heterocycles. The molecule has 1 heterocycles. The number of rotatable bonds is 4. The van der Waals surface area contributed by atoms with E-state index in [0.717, 1.165) is 11.3 Å². The molecule has 2 rings (SSSR count). The highest BCUT2D eigenvalue weighted by atomic mass is 16.2. The summed E-state index contributed by atoms with van der Waals surface area (Å²) in [6.07, 6.45) is 2.42. The highest BCUT2D eigenvalue weighted by Gasteiger charge is 2.28. The number of nitrogens with one attached hydrogen (secondary N) is 1. The van der Waals surface area contributed by atoms with Crippen LogP contribution in [-0.4, -0.2) is 23.4 Å². The molecule has 1 fully saturated rings. The molecule has 1 aromatic rings. The zero-order valence-electron chi connectivity index (χ0n) is 9.48. The van der Waals surface area contributed by atoms with E-state index in [1.807, 2.05) is 24.3 Å². The largest absolute Gasteiger partial charge is 0.367 e. The number of benzene rings is 1. The summed E-state index contributed by atoms with van der Waals surface area (Å²) in [5.74, 6) is -0.213. The average Bonchev–Trinajstić information content (AvgIpc) is 2.67. The van der Waals surface area contributed by atoms with Gasteiger partial charge in [-0.05, 0) is 17.7 Å². The highest BCUT2D eigenvalue weighted by Crippen LogP contribution is 2.14. The first-order chi connectivity index (χ1) is 8.20. The van der Waals surface area contributed by atoms with Gasteiger partial charge >= 0.3 is 0 Å². The van der Waals surface area contributed by atoms with Crippen LogP contribution in [0, 0.1) is 0 Å². The Bertz CT molecular complexity index is 435. The maximum Gasteiger partial charge on any atom is 0.231 e. The van der Waals surface area contributed by atoms with Gasteiger partial charge in [0, 0.05) is 18.5 Å². The molecule has 17 heavy (non-hydrogen) atoms. The van der Waals surface area contributed by atoms with Crippen LogP contribution in [0.5, 0.6) is 0 Å². The minimum absolute atomic E-state index is 0.106. The van der Waals surface area contributed by atoms with Crippen molar-refractivity contribution in [2.75, 3.05) is 12.0 Å². The molecule has 0 aliphatic carbocycles. The van der Waals surface area contributed by atoms with E-state index in [1.165, 1.54) is 4.90 Å². The first kappa shape index (κ1) is 11.4. The summed E-state index contributed by atoms with van der Waals surface area (Å²) in [6.45, 7) is 3.91. The summed E-state index contributed by atoms with van der Waals surface area (Å²) in [5.41, 5.74) is 1.91. The minimum Gasteiger partial charge on any atom is -0.367 e. The quantitative estimate of drug-likeness (QED) is 0.803. The van der Waals surface area contributed by atoms with Crippen molar-refractivity contribution in [2.45, 2.75) is 12.8 Å². The number of nitrogens with zero attached hydrogens (tertiary/aromatic N) is 1. The van der Waals surface area contributed by atoms with Crippen molar-refractivity contribution in [3.63, 3.8) is 0 Å². The fourth-order valence-corrected chi connectivity index (χ4v) is 1.71. The van der Waals surface area contributed by atoms with Crippen LogP contribution in [0.2, 0.25) is 0 Å². The van der Waals surface area contributed by atoms with Gasteiger partial charge < -0.3 is 5.32 Å². The summed E-state index contributed by atoms with van der Waals surface area (Å²) in [4.78, 5) is 24.0. The second kappa shape index (κ2) is 4.82. The van der Waals surface area contributed by atoms with Gasteiger partial charge in [0.1, 0.15) is 0 Å². The van der Waals surface area contributed by atoms with Gasteiger partial charge in [-0.1, -0.05) is 24.8 Å². The van der Waals surface area contributed by atoms with E-state index in [0.29, 0.717) is 12.8 Å². The van der Waals surface area contributed by atoms with Gasteiger partial charge in [-0.2, -0.15) is 0 Å². The third-order valence-corrected chi connectivity index (χ3v) is 2.74. The van der Waals surface area contributed by atoms with Crippen LogP contribution >= 0.6 is 0 Å². The Hall–Kier alpha value is -2.10. The van der Waals surface area contributed by atoms with E-state index in [2.05, 4.69) is 11.9 Å². The second-order valence-electron chi connectivity index (χ2n) is 3.88. The van der Waals surface area contributed by atoms with Gasteiger partial charge in [-0.3, -0.25) is 14.5 Å². The van der Waals surface area contributed by atoms with Crippen molar-refractivity contribution in [1.29, 1.82) is 0 Å². The maximum absolute atomic E-state index is 11.4. The van der Waals surface area contributed by atoms with E-state index in [-0.39, 0.29) is 18.5 Å². The molecule has 0 saturated carbocycles. The Morgan fingerprint density at radius 1 is 1.18 bits per heavy atom. The molecule has 1 N–H and O–H groups in total. The smallest absolute Gasteiger partial charge is 0.231 e. The Kier molecular flexibility index (Phi) is 3.23. The number of amides is 2. The van der Waals surface area contributed by atoms with Gasteiger partial charge in [-0.15, -0.1) is 0 Å². The van der Waals surface area contributed by atoms with Crippen molar-refractivity contribution < 1.29 is 9.59 Å². The van der Waals surface area contributed by atoms with Crippen LogP contribution < -0.4 is 5.32 Å². The van der Waals surface area contributed by atoms with Crippen molar-refractivity contribution in [2.24, 2.45) is 0 Å². The first-order valence-corrected chi connectivity index (χ1v) is 5.50. The summed E-state index contributed by atoms with van der Waals surface area (Å²) in [6, 6.07) is 7.62. The van der Waals surface area contributed by atoms with Crippen molar-refractivity contribution in [3.05, 3.63) is 36.4 Å². The molecule has 88 valence electrons. The van der Waals surface area contributed by atoms with Gasteiger partial charge in [0.15, 0.2) is 0 Å². The summed E-state index contributed by atoms with van der Waals surface area (Å²) in [5, 5.41) is 3.05. The van der Waals surface area contributed by atoms with Gasteiger partial charge in [-0.25, -0.2) is 0 Å². The normalized spacial score (nSPS) is 15.2. The van der Waals surface area contributed by atoms with Gasteiger partial charge in [0.2, 0.25) is 11.8 Å². The molecule has 2 amide bonds. The zero-order valence-corrected chi connectivity index (χ0v) is 9.48. The third-order valence-electron chi connectivity index (χ3n) is 2.74. The lowest BCUT2D eigenvalue weighted by Gasteiger charge is -2.15. The van der Waals surface area contributed by atoms with Crippen molar-refractivity contribution in [3.8, 4) is 0 Å². The summed E-state index contributed by atoms with van der Waals surface area (Å²) < 4.78 is 0. The van der Waals surface area contributed by atoms with Crippen LogP contribution in [0.15, 0.2) is 30.8 Å². The second-order valence-corrected chi connectivity index (χ2v) is 3.88. The number of imide groups is 1. The standard InChI is InChI=1S/C13H14N2O2/c1-2-10-3-5-11(6-4-10)14-9-15-12(16)7-8-13(15)17/h2-6,14H,1,7-9H2. The fourth-order valence-electron chi connectivity index (χ4n) is 1.71. The molecule has 0 atom stereocenters. The highest BCUT2D eigenvalue weighted by molar-refractivity contribution is 6.02. The lowest BCUT2D eigenvalue weighted by molar-refractivity contribution is -0.137. The van der Waals surface area contributed by atoms with Crippen molar-refractivity contribution >= 4 is 23.6 Å². The van der Waals surface area contributed by atoms with E-state index in [1.54, 1.807) is 6.08 Å². The summed E-state index contributed by atoms with van der Waals surface area (Å²) in [7, 11) is 0. The van der Waals surface area contributed by atoms with E-state index >= 15 is 0 Å². The Morgan fingerprint density at radius 2 is 1.76 bits per heavy atom. The lowest BCUT2D eigenvalue weighted by atomic mass is 10.2. The molecular weight excluding hydrogens is 216 g/mol. The van der Waals surface area contributed by atoms with Gasteiger partial charge in [0.05, 0.1) is 6.67 Å². The number of anilines is 1. The van der Waals surface area contributed by atoms with Crippen LogP contribution in [0.1, 0.15) is 18.4 Å². The monoisotopic (exact) mass is 230 g/mol. The predicted octanol–water partition coefficient (Wildman–Crippen LogP) is 1.85. The van der Waals surface area contributed by atoms with Crippen molar-refractivity contribution in [1.82, 2.24) is 4.90 Å². The van der Waals surface area contributed by atoms with Crippen LogP contribution in [0.25, 0.3) is 6.08 Å². The summed E-state index contributed by atoms with van der Waals surface area (Å²) >= 11 is 0. The molecule has 0 bridgehead atoms. The van der Waals surface area contributed by atoms with Crippen LogP contribution in [0.4, 0.5) is 5.69 Å². The topological polar surface area (TPSA) is 49.4 Å². The van der Waals surface area contributed by atoms with Crippen LogP contribution in [-0.2, 0) is 9.59 Å². The number of carbonyl (C=O) groups excluding carboxylic acids is 2. The molecule has 1 aliphatic heterocycles. The SMILES string of the molecule is C=Cc1ccc(NCN2C(=O)CCC2=O)cc1. The Balaban J connectivity index is 1.95. The van der Waals surface area contributed by atoms with E-state index < -0.39 is 0 Å². The molecule has 4 heteroatoms. The van der Waals surface area contributed by atoms with Crippen LogP contribution in [0.3, 0.4) is 0 Å². The molecule has 1 aliphatic rings. The molecule has 0 spiro atoms. The number of carbonyl (C=O) groups is 2. The Labute approximate surface area is 99.9 Å². The minimum atomic E-state index is -0.106. The average molecular weight is 230 g/mol. The molecule has 1 aromatic carbocycles. The maximum atomic E-state index is 11.4. The molecule has 0 radical (unpaired) electrons. The lowest BCUT2D eigenvalue weighted by Crippen LogP contribution is -2.33. The van der Waals surface area contributed by atoms with E-state index in [9.17, 15) is 9.59 Å². The molecule has 4 nitrogen and oxygen atoms in total. The molecule has 0 unspecified atom stereocenters. The number of hydrogen-bond donors (Lipinski definition) is 1. The first-order valence-electron chi connectivity index (χ1n) is 5.50. The van der Waals surface area contributed by atoms with E-state index in [4.69, 9.17) is 0 Å². The zero-order chi connectivity index (χ0) is 12.3. The third kappa shape index (κ3) is 2.53. The molecular formula is C13H14N2O2. The fraction of sp³-hybridized carbons (Fsp3) is 0.231. The number of hydrogen-bond acceptors (Lipinski definition) is 3. The predicted molar refractivity (Wildman–Crippen MR) is 66.1 cm³/mol. The number of likely N-dealkylation sites (tertiary alicyclic amines) is 1. The van der Waals surface area contributed by atoms with Gasteiger partial charge in [0.25, 0.3) is 0 Å². The molecule has 0 aromatic heterocycles.